The molecule has 1 unspecified atom stereocenters. The molecule has 0 spiro atoms. The number of rotatable bonds is 8. The predicted octanol–water partition coefficient (Wildman–Crippen LogP) is -0.429. The summed E-state index contributed by atoms with van der Waals surface area (Å²) in [5, 5.41) is 20.6. The average Bonchev–Trinajstić information content (AvgIpc) is 2.88. The smallest absolute Gasteiger partial charge is 0.237 e. The van der Waals surface area contributed by atoms with Crippen LogP contribution in [-0.2, 0) is 11.3 Å². The molecule has 0 saturated carbocycles. The lowest BCUT2D eigenvalue weighted by Gasteiger charge is -2.26. The van der Waals surface area contributed by atoms with E-state index in [1.807, 2.05) is 0 Å². The SMILES string of the molecule is CC(C(=O)NCc1ccco1)N(CCO)CCO. The normalized spacial score (nSPS) is 12.7. The fourth-order valence-corrected chi connectivity index (χ4v) is 1.66. The highest BCUT2D eigenvalue weighted by Crippen LogP contribution is 2.02. The van der Waals surface area contributed by atoms with Gasteiger partial charge in [-0.2, -0.15) is 0 Å². The third-order valence-electron chi connectivity index (χ3n) is 2.72. The van der Waals surface area contributed by atoms with Gasteiger partial charge in [0, 0.05) is 13.1 Å². The number of aliphatic hydroxyl groups excluding tert-OH is 2. The van der Waals surface area contributed by atoms with Gasteiger partial charge in [0.15, 0.2) is 0 Å². The van der Waals surface area contributed by atoms with Gasteiger partial charge in [0.05, 0.1) is 32.1 Å². The molecule has 0 aliphatic rings. The van der Waals surface area contributed by atoms with E-state index in [0.29, 0.717) is 25.4 Å². The Balaban J connectivity index is 2.42. The van der Waals surface area contributed by atoms with Crippen LogP contribution in [0, 0.1) is 0 Å². The van der Waals surface area contributed by atoms with Crippen molar-refractivity contribution in [3.63, 3.8) is 0 Å². The standard InChI is InChI=1S/C12H20N2O4/c1-10(14(4-6-15)5-7-16)12(17)13-9-11-3-2-8-18-11/h2-3,8,10,15-16H,4-7,9H2,1H3,(H,13,17). The zero-order chi connectivity index (χ0) is 13.4. The van der Waals surface area contributed by atoms with E-state index in [9.17, 15) is 4.79 Å². The maximum absolute atomic E-state index is 11.9. The Morgan fingerprint density at radius 1 is 1.44 bits per heavy atom. The van der Waals surface area contributed by atoms with E-state index in [4.69, 9.17) is 14.6 Å². The van der Waals surface area contributed by atoms with Gasteiger partial charge in [-0.15, -0.1) is 0 Å². The Labute approximate surface area is 106 Å². The van der Waals surface area contributed by atoms with Crippen molar-refractivity contribution < 1.29 is 19.4 Å². The summed E-state index contributed by atoms with van der Waals surface area (Å²) in [7, 11) is 0. The van der Waals surface area contributed by atoms with Crippen LogP contribution in [0.3, 0.4) is 0 Å². The number of carbonyl (C=O) groups is 1. The molecule has 1 amide bonds. The number of nitrogens with one attached hydrogen (secondary N) is 1. The quantitative estimate of drug-likeness (QED) is 0.587. The molecule has 0 aromatic carbocycles. The van der Waals surface area contributed by atoms with Gasteiger partial charge in [0.2, 0.25) is 5.91 Å². The highest BCUT2D eigenvalue weighted by atomic mass is 16.3. The highest BCUT2D eigenvalue weighted by Gasteiger charge is 2.20. The van der Waals surface area contributed by atoms with E-state index in [1.54, 1.807) is 30.2 Å². The molecule has 1 heterocycles. The summed E-state index contributed by atoms with van der Waals surface area (Å²) in [6.07, 6.45) is 1.55. The molecule has 3 N–H and O–H groups in total. The van der Waals surface area contributed by atoms with E-state index in [0.717, 1.165) is 0 Å². The van der Waals surface area contributed by atoms with Crippen LogP contribution in [0.25, 0.3) is 0 Å². The van der Waals surface area contributed by atoms with Gasteiger partial charge >= 0.3 is 0 Å². The molecule has 1 atom stereocenters. The summed E-state index contributed by atoms with van der Waals surface area (Å²) in [4.78, 5) is 13.6. The minimum Gasteiger partial charge on any atom is -0.467 e. The van der Waals surface area contributed by atoms with Crippen LogP contribution in [-0.4, -0.2) is 53.4 Å². The lowest BCUT2D eigenvalue weighted by atomic mass is 10.2. The van der Waals surface area contributed by atoms with Crippen LogP contribution in [0.15, 0.2) is 22.8 Å². The van der Waals surface area contributed by atoms with Crippen LogP contribution in [0.4, 0.5) is 0 Å². The molecule has 102 valence electrons. The first kappa shape index (κ1) is 14.7. The largest absolute Gasteiger partial charge is 0.467 e. The lowest BCUT2D eigenvalue weighted by Crippen LogP contribution is -2.47. The highest BCUT2D eigenvalue weighted by molar-refractivity contribution is 5.81. The Bertz CT molecular complexity index is 334. The molecule has 0 saturated heterocycles. The summed E-state index contributed by atoms with van der Waals surface area (Å²) < 4.78 is 5.11. The molecule has 0 aliphatic carbocycles. The van der Waals surface area contributed by atoms with E-state index in [1.165, 1.54) is 0 Å². The second kappa shape index (κ2) is 7.86. The Morgan fingerprint density at radius 2 is 2.11 bits per heavy atom. The third kappa shape index (κ3) is 4.48. The van der Waals surface area contributed by atoms with E-state index in [-0.39, 0.29) is 19.1 Å². The van der Waals surface area contributed by atoms with Crippen LogP contribution < -0.4 is 5.32 Å². The number of hydrogen-bond acceptors (Lipinski definition) is 5. The molecular formula is C12H20N2O4. The summed E-state index contributed by atoms with van der Waals surface area (Å²) in [5.74, 6) is 0.528. The van der Waals surface area contributed by atoms with Crippen LogP contribution >= 0.6 is 0 Å². The van der Waals surface area contributed by atoms with Gasteiger partial charge in [0.25, 0.3) is 0 Å². The summed E-state index contributed by atoms with van der Waals surface area (Å²) in [6.45, 7) is 2.70. The number of furan rings is 1. The molecule has 0 bridgehead atoms. The first-order chi connectivity index (χ1) is 8.69. The van der Waals surface area contributed by atoms with E-state index < -0.39 is 6.04 Å². The van der Waals surface area contributed by atoms with E-state index >= 15 is 0 Å². The van der Waals surface area contributed by atoms with Gasteiger partial charge in [0.1, 0.15) is 5.76 Å². The van der Waals surface area contributed by atoms with Gasteiger partial charge in [-0.1, -0.05) is 0 Å². The predicted molar refractivity (Wildman–Crippen MR) is 65.8 cm³/mol. The second-order valence-electron chi connectivity index (χ2n) is 3.96. The fraction of sp³-hybridized carbons (Fsp3) is 0.583. The number of aliphatic hydroxyl groups is 2. The third-order valence-corrected chi connectivity index (χ3v) is 2.72. The van der Waals surface area contributed by atoms with Gasteiger partial charge in [-0.25, -0.2) is 0 Å². The summed E-state index contributed by atoms with van der Waals surface area (Å²) in [6, 6.07) is 3.14. The molecule has 0 aliphatic heterocycles. The topological polar surface area (TPSA) is 85.9 Å². The van der Waals surface area contributed by atoms with Crippen LogP contribution in [0.2, 0.25) is 0 Å². The molecule has 1 rings (SSSR count). The zero-order valence-corrected chi connectivity index (χ0v) is 10.5. The lowest BCUT2D eigenvalue weighted by molar-refractivity contribution is -0.126. The van der Waals surface area contributed by atoms with Crippen molar-refractivity contribution in [3.05, 3.63) is 24.2 Å². The minimum absolute atomic E-state index is 0.0458. The minimum atomic E-state index is -0.403. The zero-order valence-electron chi connectivity index (χ0n) is 10.5. The fourth-order valence-electron chi connectivity index (χ4n) is 1.66. The van der Waals surface area contributed by atoms with Crippen LogP contribution in [0.1, 0.15) is 12.7 Å². The Morgan fingerprint density at radius 3 is 2.61 bits per heavy atom. The molecule has 1 aromatic heterocycles. The first-order valence-electron chi connectivity index (χ1n) is 5.95. The number of hydrogen-bond donors (Lipinski definition) is 3. The average molecular weight is 256 g/mol. The number of amides is 1. The van der Waals surface area contributed by atoms with Crippen molar-refractivity contribution in [1.82, 2.24) is 10.2 Å². The maximum atomic E-state index is 11.9. The van der Waals surface area contributed by atoms with Crippen molar-refractivity contribution in [2.75, 3.05) is 26.3 Å². The van der Waals surface area contributed by atoms with Crippen molar-refractivity contribution in [2.45, 2.75) is 19.5 Å². The first-order valence-corrected chi connectivity index (χ1v) is 5.95. The van der Waals surface area contributed by atoms with Crippen molar-refractivity contribution in [2.24, 2.45) is 0 Å². The van der Waals surface area contributed by atoms with Crippen LogP contribution in [0.5, 0.6) is 0 Å². The molecule has 0 fully saturated rings. The Kier molecular flexibility index (Phi) is 6.42. The van der Waals surface area contributed by atoms with Crippen molar-refractivity contribution in [3.8, 4) is 0 Å². The molecule has 6 heteroatoms. The number of carbonyl (C=O) groups excluding carboxylic acids is 1. The van der Waals surface area contributed by atoms with Gasteiger partial charge < -0.3 is 19.9 Å². The van der Waals surface area contributed by atoms with Gasteiger partial charge in [-0.05, 0) is 19.1 Å². The monoisotopic (exact) mass is 256 g/mol. The maximum Gasteiger partial charge on any atom is 0.237 e. The summed E-state index contributed by atoms with van der Waals surface area (Å²) >= 11 is 0. The van der Waals surface area contributed by atoms with Gasteiger partial charge in [-0.3, -0.25) is 9.69 Å². The van der Waals surface area contributed by atoms with Crippen molar-refractivity contribution >= 4 is 5.91 Å². The molecule has 18 heavy (non-hydrogen) atoms. The van der Waals surface area contributed by atoms with E-state index in [2.05, 4.69) is 5.32 Å². The molecule has 1 aromatic rings. The second-order valence-corrected chi connectivity index (χ2v) is 3.96. The molecule has 0 radical (unpaired) electrons. The molecular weight excluding hydrogens is 236 g/mol. The number of nitrogens with zero attached hydrogens (tertiary/aromatic N) is 1. The Hall–Kier alpha value is -1.37. The van der Waals surface area contributed by atoms with Crippen molar-refractivity contribution in [1.29, 1.82) is 0 Å². The molecule has 6 nitrogen and oxygen atoms in total. The summed E-state index contributed by atoms with van der Waals surface area (Å²) in [5.41, 5.74) is 0.